The first kappa shape index (κ1) is 14.9. The number of ketones is 1. The number of piperidine rings is 3. The molecule has 2 bridgehead atoms. The molecule has 3 heterocycles. The highest BCUT2D eigenvalue weighted by Crippen LogP contribution is 2.39. The smallest absolute Gasteiger partial charge is 0.154 e. The molecule has 3 saturated heterocycles. The van der Waals surface area contributed by atoms with Crippen LogP contribution in [0.1, 0.15) is 29.9 Å². The van der Waals surface area contributed by atoms with Crippen molar-refractivity contribution in [2.24, 2.45) is 5.92 Å². The van der Waals surface area contributed by atoms with E-state index in [0.29, 0.717) is 5.78 Å². The van der Waals surface area contributed by atoms with Crippen LogP contribution < -0.4 is 0 Å². The highest BCUT2D eigenvalue weighted by Gasteiger charge is 2.45. The van der Waals surface area contributed by atoms with Crippen molar-refractivity contribution in [2.75, 3.05) is 13.1 Å². The molecule has 23 heavy (non-hydrogen) atoms. The molecule has 3 fully saturated rings. The Morgan fingerprint density at radius 3 is 2.13 bits per heavy atom. The van der Waals surface area contributed by atoms with Gasteiger partial charge in [-0.25, -0.2) is 0 Å². The molecule has 0 aromatic heterocycles. The van der Waals surface area contributed by atoms with Crippen molar-refractivity contribution >= 4 is 17.4 Å². The maximum absolute atomic E-state index is 13.0. The van der Waals surface area contributed by atoms with E-state index < -0.39 is 0 Å². The van der Waals surface area contributed by atoms with Gasteiger partial charge in [-0.1, -0.05) is 54.1 Å². The zero-order valence-electron chi connectivity index (χ0n) is 13.0. The third kappa shape index (κ3) is 2.71. The molecule has 3 aliphatic rings. The van der Waals surface area contributed by atoms with Gasteiger partial charge in [-0.3, -0.25) is 9.69 Å². The van der Waals surface area contributed by atoms with E-state index in [1.165, 1.54) is 11.1 Å². The summed E-state index contributed by atoms with van der Waals surface area (Å²) < 4.78 is 0. The maximum atomic E-state index is 13.0. The Kier molecular flexibility index (Phi) is 3.96. The van der Waals surface area contributed by atoms with Crippen LogP contribution in [0.4, 0.5) is 0 Å². The van der Waals surface area contributed by atoms with Crippen molar-refractivity contribution in [1.82, 2.24) is 4.90 Å². The minimum Gasteiger partial charge on any atom is -0.298 e. The zero-order valence-corrected chi connectivity index (χ0v) is 13.7. The van der Waals surface area contributed by atoms with Crippen molar-refractivity contribution < 1.29 is 4.79 Å². The third-order valence-electron chi connectivity index (χ3n) is 5.32. The number of halogens is 1. The maximum Gasteiger partial charge on any atom is 0.154 e. The largest absolute Gasteiger partial charge is 0.298 e. The molecule has 118 valence electrons. The molecule has 0 saturated carbocycles. The topological polar surface area (TPSA) is 20.3 Å². The van der Waals surface area contributed by atoms with Crippen LogP contribution in [0.2, 0.25) is 5.02 Å². The van der Waals surface area contributed by atoms with Gasteiger partial charge < -0.3 is 0 Å². The summed E-state index contributed by atoms with van der Waals surface area (Å²) in [4.78, 5) is 15.4. The molecule has 5 rings (SSSR count). The predicted molar refractivity (Wildman–Crippen MR) is 92.8 cm³/mol. The standard InChI is InChI=1S/C20H20ClNO/c21-17-8-6-15(7-9-17)18(14-4-2-1-3-5-14)19-20(23)16-10-12-22(19)13-11-16/h1-9,16,18-19H,10-13H2/t18-,19-/m0/s1. The number of rotatable bonds is 3. The van der Waals surface area contributed by atoms with Gasteiger partial charge in [0.15, 0.2) is 5.78 Å². The van der Waals surface area contributed by atoms with Gasteiger partial charge in [0.2, 0.25) is 0 Å². The Morgan fingerprint density at radius 2 is 1.52 bits per heavy atom. The van der Waals surface area contributed by atoms with Crippen molar-refractivity contribution in [3.8, 4) is 0 Å². The van der Waals surface area contributed by atoms with Crippen LogP contribution in [-0.2, 0) is 4.79 Å². The predicted octanol–water partition coefficient (Wildman–Crippen LogP) is 4.14. The van der Waals surface area contributed by atoms with Crippen molar-refractivity contribution in [3.05, 3.63) is 70.7 Å². The molecule has 0 amide bonds. The normalized spacial score (nSPS) is 27.9. The first-order chi connectivity index (χ1) is 11.2. The second-order valence-electron chi connectivity index (χ2n) is 6.60. The lowest BCUT2D eigenvalue weighted by Gasteiger charge is -2.47. The van der Waals surface area contributed by atoms with E-state index in [9.17, 15) is 4.79 Å². The Hall–Kier alpha value is -1.64. The van der Waals surface area contributed by atoms with E-state index in [4.69, 9.17) is 11.6 Å². The Balaban J connectivity index is 1.79. The van der Waals surface area contributed by atoms with Crippen LogP contribution in [0, 0.1) is 5.92 Å². The number of benzene rings is 2. The number of fused-ring (bicyclic) bond motifs is 3. The van der Waals surface area contributed by atoms with E-state index in [2.05, 4.69) is 41.3 Å². The Morgan fingerprint density at radius 1 is 0.913 bits per heavy atom. The Bertz CT molecular complexity index is 689. The van der Waals surface area contributed by atoms with Crippen LogP contribution >= 0.6 is 11.6 Å². The molecule has 0 unspecified atom stereocenters. The highest BCUT2D eigenvalue weighted by atomic mass is 35.5. The van der Waals surface area contributed by atoms with Crippen LogP contribution in [-0.4, -0.2) is 29.8 Å². The Labute approximate surface area is 142 Å². The van der Waals surface area contributed by atoms with E-state index in [-0.39, 0.29) is 17.9 Å². The molecule has 0 N–H and O–H groups in total. The van der Waals surface area contributed by atoms with Crippen molar-refractivity contribution in [1.29, 1.82) is 0 Å². The van der Waals surface area contributed by atoms with E-state index in [1.54, 1.807) is 0 Å². The molecular formula is C20H20ClNO. The van der Waals surface area contributed by atoms with Gasteiger partial charge >= 0.3 is 0 Å². The van der Waals surface area contributed by atoms with Crippen molar-refractivity contribution in [3.63, 3.8) is 0 Å². The van der Waals surface area contributed by atoms with Gasteiger partial charge in [-0.05, 0) is 49.2 Å². The fraction of sp³-hybridized carbons (Fsp3) is 0.350. The summed E-state index contributed by atoms with van der Waals surface area (Å²) in [5.41, 5.74) is 2.38. The number of hydrogen-bond donors (Lipinski definition) is 0. The lowest BCUT2D eigenvalue weighted by Crippen LogP contribution is -2.57. The van der Waals surface area contributed by atoms with Crippen LogP contribution in [0.25, 0.3) is 0 Å². The average Bonchev–Trinajstić information content (AvgIpc) is 2.61. The summed E-state index contributed by atoms with van der Waals surface area (Å²) in [6.45, 7) is 2.08. The summed E-state index contributed by atoms with van der Waals surface area (Å²) >= 11 is 6.06. The fourth-order valence-corrected chi connectivity index (χ4v) is 4.27. The van der Waals surface area contributed by atoms with Gasteiger partial charge in [-0.2, -0.15) is 0 Å². The van der Waals surface area contributed by atoms with Crippen LogP contribution in [0.15, 0.2) is 54.6 Å². The molecule has 0 spiro atoms. The summed E-state index contributed by atoms with van der Waals surface area (Å²) in [6.07, 6.45) is 2.05. The van der Waals surface area contributed by atoms with Crippen LogP contribution in [0.5, 0.6) is 0 Å². The summed E-state index contributed by atoms with van der Waals surface area (Å²) in [6, 6.07) is 18.3. The summed E-state index contributed by atoms with van der Waals surface area (Å²) in [7, 11) is 0. The minimum atomic E-state index is -0.0360. The number of nitrogens with zero attached hydrogens (tertiary/aromatic N) is 1. The fourth-order valence-electron chi connectivity index (χ4n) is 4.15. The summed E-state index contributed by atoms with van der Waals surface area (Å²) in [5.74, 6) is 0.763. The number of carbonyl (C=O) groups excluding carboxylic acids is 1. The zero-order chi connectivity index (χ0) is 15.8. The highest BCUT2D eigenvalue weighted by molar-refractivity contribution is 6.30. The van der Waals surface area contributed by atoms with Gasteiger partial charge in [0, 0.05) is 16.9 Å². The molecule has 2 aromatic rings. The number of Topliss-reactive ketones (excluding diaryl/α,β-unsaturated/α-hetero) is 1. The molecular weight excluding hydrogens is 306 g/mol. The molecule has 3 heteroatoms. The molecule has 0 radical (unpaired) electrons. The van der Waals surface area contributed by atoms with E-state index in [0.717, 1.165) is 31.0 Å². The third-order valence-corrected chi connectivity index (χ3v) is 5.57. The number of hydrogen-bond acceptors (Lipinski definition) is 2. The number of carbonyl (C=O) groups is 1. The van der Waals surface area contributed by atoms with E-state index >= 15 is 0 Å². The second kappa shape index (κ2) is 6.10. The first-order valence-corrected chi connectivity index (χ1v) is 8.70. The molecule has 2 nitrogen and oxygen atoms in total. The van der Waals surface area contributed by atoms with Crippen molar-refractivity contribution in [2.45, 2.75) is 24.8 Å². The SMILES string of the molecule is O=C1C2CCN(CC2)[C@H]1[C@@H](c1ccccc1)c1ccc(Cl)cc1. The van der Waals surface area contributed by atoms with E-state index in [1.807, 2.05) is 18.2 Å². The molecule has 2 aromatic carbocycles. The van der Waals surface area contributed by atoms with Crippen LogP contribution in [0.3, 0.4) is 0 Å². The molecule has 3 aliphatic heterocycles. The first-order valence-electron chi connectivity index (χ1n) is 8.32. The van der Waals surface area contributed by atoms with Gasteiger partial charge in [0.1, 0.15) is 0 Å². The molecule has 0 aliphatic carbocycles. The van der Waals surface area contributed by atoms with Gasteiger partial charge in [0.25, 0.3) is 0 Å². The van der Waals surface area contributed by atoms with Gasteiger partial charge in [-0.15, -0.1) is 0 Å². The summed E-state index contributed by atoms with van der Waals surface area (Å²) in [5, 5.41) is 0.734. The lowest BCUT2D eigenvalue weighted by molar-refractivity contribution is -0.137. The molecule has 2 atom stereocenters. The minimum absolute atomic E-state index is 0.0360. The lowest BCUT2D eigenvalue weighted by atomic mass is 9.73. The quantitative estimate of drug-likeness (QED) is 0.845. The second-order valence-corrected chi connectivity index (χ2v) is 7.03. The van der Waals surface area contributed by atoms with Gasteiger partial charge in [0.05, 0.1) is 6.04 Å². The average molecular weight is 326 g/mol. The monoisotopic (exact) mass is 325 g/mol.